The highest BCUT2D eigenvalue weighted by Gasteiger charge is 2.19. The molecule has 0 saturated carbocycles. The molecule has 166 valence electrons. The van der Waals surface area contributed by atoms with Crippen LogP contribution in [0.25, 0.3) is 32.3 Å². The molecule has 0 fully saturated rings. The van der Waals surface area contributed by atoms with E-state index in [0.29, 0.717) is 11.5 Å². The zero-order chi connectivity index (χ0) is 23.4. The standard InChI is InChI=1S/C31H24O2S/c1-18-16-23(10-14-28(18)32)34-24-11-15-29(33)27(17-24)19(2)25-12-8-22-7-6-20-4-3-5-21-9-13-26(25)31(22)30(20)21/h3-17,19,32-33H,1-2H3. The summed E-state index contributed by atoms with van der Waals surface area (Å²) in [4.78, 5) is 2.12. The first-order valence-electron chi connectivity index (χ1n) is 11.5. The minimum absolute atomic E-state index is 0.0201. The Morgan fingerprint density at radius 1 is 0.618 bits per heavy atom. The molecule has 0 bridgehead atoms. The van der Waals surface area contributed by atoms with Crippen LogP contribution in [0.15, 0.2) is 101 Å². The number of phenolic OH excluding ortho intramolecular Hbond substituents is 2. The third-order valence-corrected chi connectivity index (χ3v) is 7.88. The average molecular weight is 461 g/mol. The van der Waals surface area contributed by atoms with Gasteiger partial charge < -0.3 is 10.2 Å². The normalized spacial score (nSPS) is 12.6. The highest BCUT2D eigenvalue weighted by molar-refractivity contribution is 7.99. The molecule has 0 saturated heterocycles. The predicted molar refractivity (Wildman–Crippen MR) is 143 cm³/mol. The van der Waals surface area contributed by atoms with Crippen molar-refractivity contribution < 1.29 is 10.2 Å². The second kappa shape index (κ2) is 7.96. The first-order valence-corrected chi connectivity index (χ1v) is 12.3. The van der Waals surface area contributed by atoms with Crippen LogP contribution in [0.4, 0.5) is 0 Å². The largest absolute Gasteiger partial charge is 0.508 e. The zero-order valence-corrected chi connectivity index (χ0v) is 19.9. The summed E-state index contributed by atoms with van der Waals surface area (Å²) in [6.07, 6.45) is 0. The smallest absolute Gasteiger partial charge is 0.119 e. The van der Waals surface area contributed by atoms with E-state index in [2.05, 4.69) is 67.6 Å². The number of aryl methyl sites for hydroxylation is 1. The van der Waals surface area contributed by atoms with Gasteiger partial charge in [-0.05, 0) is 86.8 Å². The van der Waals surface area contributed by atoms with Gasteiger partial charge in [-0.1, -0.05) is 73.3 Å². The van der Waals surface area contributed by atoms with E-state index in [1.807, 2.05) is 25.1 Å². The number of phenols is 2. The molecule has 0 aliphatic carbocycles. The molecule has 34 heavy (non-hydrogen) atoms. The maximum Gasteiger partial charge on any atom is 0.119 e. The van der Waals surface area contributed by atoms with E-state index in [-0.39, 0.29) is 5.92 Å². The van der Waals surface area contributed by atoms with E-state index in [9.17, 15) is 10.2 Å². The lowest BCUT2D eigenvalue weighted by molar-refractivity contribution is 0.465. The maximum atomic E-state index is 10.8. The van der Waals surface area contributed by atoms with Gasteiger partial charge in [-0.3, -0.25) is 0 Å². The van der Waals surface area contributed by atoms with E-state index < -0.39 is 0 Å². The molecule has 6 aromatic rings. The second-order valence-corrected chi connectivity index (χ2v) is 10.2. The topological polar surface area (TPSA) is 40.5 Å². The van der Waals surface area contributed by atoms with Crippen LogP contribution in [0.5, 0.6) is 11.5 Å². The van der Waals surface area contributed by atoms with Crippen LogP contribution >= 0.6 is 11.8 Å². The highest BCUT2D eigenvalue weighted by Crippen LogP contribution is 2.42. The van der Waals surface area contributed by atoms with Crippen LogP contribution < -0.4 is 0 Å². The molecule has 0 radical (unpaired) electrons. The first kappa shape index (κ1) is 20.9. The van der Waals surface area contributed by atoms with Crippen molar-refractivity contribution in [1.29, 1.82) is 0 Å². The minimum atomic E-state index is 0.0201. The van der Waals surface area contributed by atoms with Gasteiger partial charge in [-0.15, -0.1) is 0 Å². The van der Waals surface area contributed by atoms with E-state index in [4.69, 9.17) is 0 Å². The van der Waals surface area contributed by atoms with Crippen LogP contribution in [0.2, 0.25) is 0 Å². The molecule has 0 aliphatic rings. The highest BCUT2D eigenvalue weighted by atomic mass is 32.2. The number of aromatic hydroxyl groups is 2. The van der Waals surface area contributed by atoms with E-state index >= 15 is 0 Å². The Morgan fingerprint density at radius 2 is 1.24 bits per heavy atom. The van der Waals surface area contributed by atoms with Crippen LogP contribution in [0, 0.1) is 6.92 Å². The van der Waals surface area contributed by atoms with Gasteiger partial charge in [0.1, 0.15) is 11.5 Å². The summed E-state index contributed by atoms with van der Waals surface area (Å²) in [5.41, 5.74) is 2.98. The molecular weight excluding hydrogens is 436 g/mol. The third-order valence-electron chi connectivity index (χ3n) is 6.90. The lowest BCUT2D eigenvalue weighted by Crippen LogP contribution is -1.99. The number of benzene rings is 6. The Hall–Kier alpha value is -3.69. The summed E-state index contributed by atoms with van der Waals surface area (Å²) in [5.74, 6) is 0.634. The molecule has 6 rings (SSSR count). The molecule has 2 N–H and O–H groups in total. The minimum Gasteiger partial charge on any atom is -0.508 e. The Kier molecular flexibility index (Phi) is 4.89. The fourth-order valence-electron chi connectivity index (χ4n) is 5.07. The quantitative estimate of drug-likeness (QED) is 0.259. The van der Waals surface area contributed by atoms with Gasteiger partial charge in [0, 0.05) is 21.3 Å². The second-order valence-electron chi connectivity index (χ2n) is 9.00. The van der Waals surface area contributed by atoms with Crippen molar-refractivity contribution >= 4 is 44.1 Å². The third kappa shape index (κ3) is 3.36. The van der Waals surface area contributed by atoms with Crippen molar-refractivity contribution in [3.63, 3.8) is 0 Å². The molecule has 0 aliphatic heterocycles. The Morgan fingerprint density at radius 3 is 1.97 bits per heavy atom. The summed E-state index contributed by atoms with van der Waals surface area (Å²) in [5, 5.41) is 28.2. The number of rotatable bonds is 4. The SMILES string of the molecule is Cc1cc(Sc2ccc(O)c(C(C)c3ccc4ccc5cccc6ccc3c4c56)c2)ccc1O. The summed E-state index contributed by atoms with van der Waals surface area (Å²) < 4.78 is 0. The zero-order valence-electron chi connectivity index (χ0n) is 19.0. The van der Waals surface area contributed by atoms with E-state index in [1.165, 1.54) is 37.9 Å². The Balaban J connectivity index is 1.46. The number of hydrogen-bond donors (Lipinski definition) is 2. The van der Waals surface area contributed by atoms with Crippen molar-refractivity contribution in [3.05, 3.63) is 108 Å². The van der Waals surface area contributed by atoms with Crippen molar-refractivity contribution in [2.24, 2.45) is 0 Å². The molecule has 1 atom stereocenters. The van der Waals surface area contributed by atoms with Crippen molar-refractivity contribution in [3.8, 4) is 11.5 Å². The van der Waals surface area contributed by atoms with E-state index in [0.717, 1.165) is 20.9 Å². The van der Waals surface area contributed by atoms with Crippen molar-refractivity contribution in [2.45, 2.75) is 29.6 Å². The lowest BCUT2D eigenvalue weighted by Gasteiger charge is -2.20. The van der Waals surface area contributed by atoms with Gasteiger partial charge in [0.25, 0.3) is 0 Å². The molecule has 6 aromatic carbocycles. The van der Waals surface area contributed by atoms with Gasteiger partial charge in [-0.25, -0.2) is 0 Å². The van der Waals surface area contributed by atoms with Gasteiger partial charge in [0.15, 0.2) is 0 Å². The molecule has 0 spiro atoms. The molecule has 0 heterocycles. The van der Waals surface area contributed by atoms with Crippen LogP contribution in [0.1, 0.15) is 29.5 Å². The summed E-state index contributed by atoms with van der Waals surface area (Å²) in [6, 6.07) is 31.2. The van der Waals surface area contributed by atoms with Crippen LogP contribution in [0.3, 0.4) is 0 Å². The fourth-order valence-corrected chi connectivity index (χ4v) is 6.04. The molecule has 0 amide bonds. The fraction of sp³-hybridized carbons (Fsp3) is 0.0968. The average Bonchev–Trinajstić information content (AvgIpc) is 2.85. The summed E-state index contributed by atoms with van der Waals surface area (Å²) in [6.45, 7) is 4.07. The molecule has 1 unspecified atom stereocenters. The molecule has 2 nitrogen and oxygen atoms in total. The monoisotopic (exact) mass is 460 g/mol. The lowest BCUT2D eigenvalue weighted by atomic mass is 9.85. The van der Waals surface area contributed by atoms with Gasteiger partial charge in [0.05, 0.1) is 0 Å². The van der Waals surface area contributed by atoms with Crippen LogP contribution in [-0.2, 0) is 0 Å². The van der Waals surface area contributed by atoms with Crippen LogP contribution in [-0.4, -0.2) is 10.2 Å². The Labute approximate surface area is 202 Å². The Bertz CT molecular complexity index is 1670. The summed E-state index contributed by atoms with van der Waals surface area (Å²) >= 11 is 1.63. The predicted octanol–water partition coefficient (Wildman–Crippen LogP) is 8.61. The van der Waals surface area contributed by atoms with Gasteiger partial charge in [-0.2, -0.15) is 0 Å². The van der Waals surface area contributed by atoms with E-state index in [1.54, 1.807) is 23.9 Å². The van der Waals surface area contributed by atoms with Gasteiger partial charge >= 0.3 is 0 Å². The molecule has 0 aromatic heterocycles. The first-order chi connectivity index (χ1) is 16.5. The number of hydrogen-bond acceptors (Lipinski definition) is 3. The summed E-state index contributed by atoms with van der Waals surface area (Å²) in [7, 11) is 0. The molecular formula is C31H24O2S. The van der Waals surface area contributed by atoms with Crippen molar-refractivity contribution in [2.75, 3.05) is 0 Å². The maximum absolute atomic E-state index is 10.8. The molecule has 3 heteroatoms. The van der Waals surface area contributed by atoms with Gasteiger partial charge in [0.2, 0.25) is 0 Å². The van der Waals surface area contributed by atoms with Crippen molar-refractivity contribution in [1.82, 2.24) is 0 Å².